The molecule has 2 aromatic rings. The lowest BCUT2D eigenvalue weighted by Gasteiger charge is -2.07. The predicted molar refractivity (Wildman–Crippen MR) is 69.3 cm³/mol. The molecule has 0 unspecified atom stereocenters. The molecule has 4 nitrogen and oxygen atoms in total. The van der Waals surface area contributed by atoms with Crippen LogP contribution in [-0.4, -0.2) is 20.6 Å². The van der Waals surface area contributed by atoms with E-state index in [0.29, 0.717) is 6.42 Å². The minimum Gasteiger partial charge on any atom is -0.481 e. The first-order valence-electron chi connectivity index (χ1n) is 6.02. The lowest BCUT2D eigenvalue weighted by molar-refractivity contribution is -0.136. The van der Waals surface area contributed by atoms with Crippen LogP contribution in [0, 0.1) is 0 Å². The Balaban J connectivity index is 2.24. The topological polar surface area (TPSA) is 55.1 Å². The van der Waals surface area contributed by atoms with Gasteiger partial charge in [-0.2, -0.15) is 0 Å². The molecule has 94 valence electrons. The number of carboxylic acids is 1. The van der Waals surface area contributed by atoms with E-state index in [1.807, 2.05) is 30.5 Å². The molecule has 0 aliphatic carbocycles. The number of hydrogen-bond acceptors (Lipinski definition) is 2. The zero-order valence-corrected chi connectivity index (χ0v) is 10.3. The molecule has 0 saturated carbocycles. The third kappa shape index (κ3) is 2.77. The van der Waals surface area contributed by atoms with Crippen molar-refractivity contribution >= 4 is 5.97 Å². The van der Waals surface area contributed by atoms with Crippen molar-refractivity contribution in [2.45, 2.75) is 26.3 Å². The summed E-state index contributed by atoms with van der Waals surface area (Å²) < 4.78 is 2.07. The van der Waals surface area contributed by atoms with Crippen LogP contribution in [0.1, 0.15) is 18.9 Å². The molecular formula is C14H16N2O2. The SMILES string of the molecule is CCn1cncc1-c1cccc(CCC(=O)O)c1. The molecule has 1 aromatic heterocycles. The van der Waals surface area contributed by atoms with Crippen molar-refractivity contribution in [1.29, 1.82) is 0 Å². The normalized spacial score (nSPS) is 10.5. The van der Waals surface area contributed by atoms with Crippen LogP contribution >= 0.6 is 0 Å². The van der Waals surface area contributed by atoms with E-state index < -0.39 is 5.97 Å². The van der Waals surface area contributed by atoms with Gasteiger partial charge in [0.05, 0.1) is 18.2 Å². The number of carbonyl (C=O) groups is 1. The number of nitrogens with zero attached hydrogens (tertiary/aromatic N) is 2. The summed E-state index contributed by atoms with van der Waals surface area (Å²) in [6.45, 7) is 2.94. The fourth-order valence-electron chi connectivity index (χ4n) is 1.95. The summed E-state index contributed by atoms with van der Waals surface area (Å²) in [4.78, 5) is 14.7. The standard InChI is InChI=1S/C14H16N2O2/c1-2-16-10-15-9-13(16)12-5-3-4-11(8-12)6-7-14(17)18/h3-5,8-10H,2,6-7H2,1H3,(H,17,18). The van der Waals surface area contributed by atoms with E-state index in [-0.39, 0.29) is 6.42 Å². The van der Waals surface area contributed by atoms with Crippen LogP contribution < -0.4 is 0 Å². The molecule has 18 heavy (non-hydrogen) atoms. The third-order valence-corrected chi connectivity index (χ3v) is 2.90. The fourth-order valence-corrected chi connectivity index (χ4v) is 1.95. The highest BCUT2D eigenvalue weighted by Crippen LogP contribution is 2.20. The molecule has 2 rings (SSSR count). The Kier molecular flexibility index (Phi) is 3.77. The first-order chi connectivity index (χ1) is 8.70. The molecule has 1 aromatic carbocycles. The van der Waals surface area contributed by atoms with Crippen LogP contribution in [0.25, 0.3) is 11.3 Å². The highest BCUT2D eigenvalue weighted by atomic mass is 16.4. The predicted octanol–water partition coefficient (Wildman–Crippen LogP) is 2.59. The Hall–Kier alpha value is -2.10. The monoisotopic (exact) mass is 244 g/mol. The smallest absolute Gasteiger partial charge is 0.303 e. The van der Waals surface area contributed by atoms with Crippen LogP contribution in [-0.2, 0) is 17.8 Å². The molecule has 4 heteroatoms. The van der Waals surface area contributed by atoms with E-state index in [9.17, 15) is 4.79 Å². The number of aromatic nitrogens is 2. The summed E-state index contributed by atoms with van der Waals surface area (Å²) in [6.07, 6.45) is 4.36. The summed E-state index contributed by atoms with van der Waals surface area (Å²) in [5, 5.41) is 8.70. The van der Waals surface area contributed by atoms with Gasteiger partial charge in [-0.1, -0.05) is 18.2 Å². The van der Waals surface area contributed by atoms with E-state index in [4.69, 9.17) is 5.11 Å². The average Bonchev–Trinajstić information content (AvgIpc) is 2.85. The molecule has 0 spiro atoms. The molecule has 0 bridgehead atoms. The molecule has 1 heterocycles. The van der Waals surface area contributed by atoms with E-state index in [0.717, 1.165) is 23.4 Å². The molecule has 0 atom stereocenters. The number of rotatable bonds is 5. The molecule has 1 N–H and O–H groups in total. The van der Waals surface area contributed by atoms with E-state index in [2.05, 4.69) is 16.5 Å². The van der Waals surface area contributed by atoms with E-state index in [1.54, 1.807) is 6.33 Å². The minimum absolute atomic E-state index is 0.163. The van der Waals surface area contributed by atoms with Crippen molar-refractivity contribution in [3.63, 3.8) is 0 Å². The van der Waals surface area contributed by atoms with Gasteiger partial charge in [0.2, 0.25) is 0 Å². The largest absolute Gasteiger partial charge is 0.481 e. The van der Waals surface area contributed by atoms with Gasteiger partial charge in [-0.3, -0.25) is 4.79 Å². The summed E-state index contributed by atoms with van der Waals surface area (Å²) in [7, 11) is 0. The molecule has 0 aliphatic rings. The highest BCUT2D eigenvalue weighted by Gasteiger charge is 2.05. The minimum atomic E-state index is -0.765. The Morgan fingerprint density at radius 3 is 3.00 bits per heavy atom. The van der Waals surface area contributed by atoms with Crippen molar-refractivity contribution in [3.05, 3.63) is 42.4 Å². The van der Waals surface area contributed by atoms with Gasteiger partial charge < -0.3 is 9.67 Å². The zero-order valence-electron chi connectivity index (χ0n) is 10.3. The number of imidazole rings is 1. The second kappa shape index (κ2) is 5.49. The molecular weight excluding hydrogens is 228 g/mol. The van der Waals surface area contributed by atoms with Crippen LogP contribution in [0.15, 0.2) is 36.8 Å². The first kappa shape index (κ1) is 12.4. The van der Waals surface area contributed by atoms with Gasteiger partial charge in [0.1, 0.15) is 0 Å². The highest BCUT2D eigenvalue weighted by molar-refractivity contribution is 5.67. The number of hydrogen-bond donors (Lipinski definition) is 1. The lowest BCUT2D eigenvalue weighted by atomic mass is 10.0. The van der Waals surface area contributed by atoms with Crippen LogP contribution in [0.5, 0.6) is 0 Å². The van der Waals surface area contributed by atoms with Crippen LogP contribution in [0.4, 0.5) is 0 Å². The van der Waals surface area contributed by atoms with Gasteiger partial charge in [0.25, 0.3) is 0 Å². The third-order valence-electron chi connectivity index (χ3n) is 2.90. The van der Waals surface area contributed by atoms with Crippen molar-refractivity contribution in [2.24, 2.45) is 0 Å². The van der Waals surface area contributed by atoms with Crippen LogP contribution in [0.3, 0.4) is 0 Å². The van der Waals surface area contributed by atoms with Gasteiger partial charge in [-0.05, 0) is 25.0 Å². The summed E-state index contributed by atoms with van der Waals surface area (Å²) in [5.74, 6) is -0.765. The second-order valence-electron chi connectivity index (χ2n) is 4.16. The summed E-state index contributed by atoms with van der Waals surface area (Å²) in [6, 6.07) is 7.97. The number of benzene rings is 1. The number of aliphatic carboxylic acids is 1. The quantitative estimate of drug-likeness (QED) is 0.879. The zero-order chi connectivity index (χ0) is 13.0. The van der Waals surface area contributed by atoms with Gasteiger partial charge in [0.15, 0.2) is 0 Å². The van der Waals surface area contributed by atoms with Crippen molar-refractivity contribution in [2.75, 3.05) is 0 Å². The Morgan fingerprint density at radius 1 is 1.44 bits per heavy atom. The van der Waals surface area contributed by atoms with Gasteiger partial charge in [-0.15, -0.1) is 0 Å². The van der Waals surface area contributed by atoms with Crippen molar-refractivity contribution in [1.82, 2.24) is 9.55 Å². The maximum absolute atomic E-state index is 10.6. The molecule has 0 aliphatic heterocycles. The van der Waals surface area contributed by atoms with Gasteiger partial charge in [-0.25, -0.2) is 4.98 Å². The Morgan fingerprint density at radius 2 is 2.28 bits per heavy atom. The number of carboxylic acid groups (broad SMARTS) is 1. The number of aryl methyl sites for hydroxylation is 2. The Labute approximate surface area is 106 Å². The summed E-state index contributed by atoms with van der Waals surface area (Å²) in [5.41, 5.74) is 3.19. The Bertz CT molecular complexity index is 546. The molecule has 0 amide bonds. The average molecular weight is 244 g/mol. The lowest BCUT2D eigenvalue weighted by Crippen LogP contribution is -1.98. The van der Waals surface area contributed by atoms with Gasteiger partial charge >= 0.3 is 5.97 Å². The molecule has 0 saturated heterocycles. The maximum Gasteiger partial charge on any atom is 0.303 e. The van der Waals surface area contributed by atoms with E-state index >= 15 is 0 Å². The summed E-state index contributed by atoms with van der Waals surface area (Å²) >= 11 is 0. The van der Waals surface area contributed by atoms with Crippen molar-refractivity contribution < 1.29 is 9.90 Å². The first-order valence-corrected chi connectivity index (χ1v) is 6.02. The van der Waals surface area contributed by atoms with Crippen LogP contribution in [0.2, 0.25) is 0 Å². The second-order valence-corrected chi connectivity index (χ2v) is 4.16. The van der Waals surface area contributed by atoms with Gasteiger partial charge in [0, 0.05) is 18.5 Å². The van der Waals surface area contributed by atoms with E-state index in [1.165, 1.54) is 0 Å². The fraction of sp³-hybridized carbons (Fsp3) is 0.286. The molecule has 0 radical (unpaired) electrons. The maximum atomic E-state index is 10.6. The van der Waals surface area contributed by atoms with Crippen molar-refractivity contribution in [3.8, 4) is 11.3 Å². The molecule has 0 fully saturated rings.